The van der Waals surface area contributed by atoms with Gasteiger partial charge in [-0.15, -0.1) is 0 Å². The molecule has 1 atom stereocenters. The van der Waals surface area contributed by atoms with Gasteiger partial charge in [0.05, 0.1) is 0 Å². The fraction of sp³-hybridized carbons (Fsp3) is 0.882. The molecule has 3 amide bonds. The summed E-state index contributed by atoms with van der Waals surface area (Å²) in [5.41, 5.74) is 0. The molecule has 0 bridgehead atoms. The molecule has 1 heterocycles. The van der Waals surface area contributed by atoms with Crippen molar-refractivity contribution in [2.75, 3.05) is 13.1 Å². The van der Waals surface area contributed by atoms with Crippen molar-refractivity contribution in [3.8, 4) is 0 Å². The van der Waals surface area contributed by atoms with E-state index in [1.807, 2.05) is 4.90 Å². The first-order chi connectivity index (χ1) is 10.7. The number of amides is 3. The molecule has 0 aromatic heterocycles. The van der Waals surface area contributed by atoms with Crippen molar-refractivity contribution >= 4 is 11.9 Å². The molecular weight excluding hydrogens is 278 g/mol. The highest BCUT2D eigenvalue weighted by atomic mass is 16.2. The quantitative estimate of drug-likeness (QED) is 0.838. The fourth-order valence-corrected chi connectivity index (χ4v) is 3.74. The highest BCUT2D eigenvalue weighted by Gasteiger charge is 2.35. The SMILES string of the molecule is O=C1NCCCC[C@@H]1NC(=O)N(CC1CCCCC1)C1CC1. The number of carbonyl (C=O) groups excluding carboxylic acids is 2. The molecule has 2 saturated carbocycles. The summed E-state index contributed by atoms with van der Waals surface area (Å²) in [6, 6.07) is 0.0495. The third kappa shape index (κ3) is 4.14. The molecule has 2 N–H and O–H groups in total. The third-order valence-corrected chi connectivity index (χ3v) is 5.26. The molecule has 1 saturated heterocycles. The van der Waals surface area contributed by atoms with Gasteiger partial charge in [-0.1, -0.05) is 19.3 Å². The number of nitrogens with zero attached hydrogens (tertiary/aromatic N) is 1. The van der Waals surface area contributed by atoms with Gasteiger partial charge in [-0.05, 0) is 50.9 Å². The van der Waals surface area contributed by atoms with Crippen LogP contribution in [0.5, 0.6) is 0 Å². The van der Waals surface area contributed by atoms with Crippen molar-refractivity contribution in [2.45, 2.75) is 76.3 Å². The zero-order valence-corrected chi connectivity index (χ0v) is 13.5. The Morgan fingerprint density at radius 3 is 2.50 bits per heavy atom. The lowest BCUT2D eigenvalue weighted by Gasteiger charge is -2.31. The van der Waals surface area contributed by atoms with E-state index in [1.165, 1.54) is 32.1 Å². The van der Waals surface area contributed by atoms with Crippen LogP contribution in [0.25, 0.3) is 0 Å². The Hall–Kier alpha value is -1.26. The minimum Gasteiger partial charge on any atom is -0.354 e. The first-order valence-corrected chi connectivity index (χ1v) is 9.09. The first kappa shape index (κ1) is 15.6. The molecular formula is C17H29N3O2. The second kappa shape index (κ2) is 7.34. The van der Waals surface area contributed by atoms with Crippen LogP contribution in [0.1, 0.15) is 64.2 Å². The molecule has 22 heavy (non-hydrogen) atoms. The van der Waals surface area contributed by atoms with Crippen molar-refractivity contribution in [3.05, 3.63) is 0 Å². The molecule has 0 aromatic rings. The van der Waals surface area contributed by atoms with Gasteiger partial charge in [0.1, 0.15) is 6.04 Å². The minimum absolute atomic E-state index is 0.0146. The van der Waals surface area contributed by atoms with Gasteiger partial charge in [0, 0.05) is 19.1 Å². The van der Waals surface area contributed by atoms with Crippen molar-refractivity contribution < 1.29 is 9.59 Å². The Kier molecular flexibility index (Phi) is 5.21. The lowest BCUT2D eigenvalue weighted by molar-refractivity contribution is -0.122. The lowest BCUT2D eigenvalue weighted by atomic mass is 9.89. The second-order valence-electron chi connectivity index (χ2n) is 7.18. The van der Waals surface area contributed by atoms with Gasteiger partial charge in [0.2, 0.25) is 5.91 Å². The van der Waals surface area contributed by atoms with E-state index in [-0.39, 0.29) is 18.0 Å². The van der Waals surface area contributed by atoms with E-state index < -0.39 is 0 Å². The van der Waals surface area contributed by atoms with Gasteiger partial charge in [-0.3, -0.25) is 4.79 Å². The average Bonchev–Trinajstić information content (AvgIpc) is 3.36. The van der Waals surface area contributed by atoms with E-state index in [1.54, 1.807) is 0 Å². The highest BCUT2D eigenvalue weighted by Crippen LogP contribution is 2.31. The Morgan fingerprint density at radius 2 is 1.77 bits per heavy atom. The van der Waals surface area contributed by atoms with Crippen LogP contribution in [0.3, 0.4) is 0 Å². The van der Waals surface area contributed by atoms with Gasteiger partial charge in [0.25, 0.3) is 0 Å². The predicted molar refractivity (Wildman–Crippen MR) is 85.5 cm³/mol. The maximum atomic E-state index is 12.7. The van der Waals surface area contributed by atoms with Crippen molar-refractivity contribution in [1.29, 1.82) is 0 Å². The van der Waals surface area contributed by atoms with E-state index in [2.05, 4.69) is 10.6 Å². The van der Waals surface area contributed by atoms with E-state index in [0.29, 0.717) is 12.0 Å². The molecule has 3 fully saturated rings. The predicted octanol–water partition coefficient (Wildman–Crippen LogP) is 2.41. The maximum Gasteiger partial charge on any atom is 0.318 e. The topological polar surface area (TPSA) is 61.4 Å². The zero-order chi connectivity index (χ0) is 15.4. The van der Waals surface area contributed by atoms with Crippen LogP contribution in [-0.4, -0.2) is 42.0 Å². The van der Waals surface area contributed by atoms with E-state index in [0.717, 1.165) is 45.2 Å². The van der Waals surface area contributed by atoms with E-state index >= 15 is 0 Å². The number of hydrogen-bond acceptors (Lipinski definition) is 2. The molecule has 0 spiro atoms. The molecule has 1 aliphatic heterocycles. The smallest absolute Gasteiger partial charge is 0.318 e. The van der Waals surface area contributed by atoms with Crippen LogP contribution >= 0.6 is 0 Å². The summed E-state index contributed by atoms with van der Waals surface area (Å²) in [7, 11) is 0. The summed E-state index contributed by atoms with van der Waals surface area (Å²) in [4.78, 5) is 26.7. The molecule has 2 aliphatic carbocycles. The number of hydrogen-bond donors (Lipinski definition) is 2. The fourth-order valence-electron chi connectivity index (χ4n) is 3.74. The normalized spacial score (nSPS) is 26.9. The summed E-state index contributed by atoms with van der Waals surface area (Å²) < 4.78 is 0. The van der Waals surface area contributed by atoms with Crippen LogP contribution < -0.4 is 10.6 Å². The summed E-state index contributed by atoms with van der Waals surface area (Å²) in [5, 5.41) is 5.89. The lowest BCUT2D eigenvalue weighted by Crippen LogP contribution is -2.52. The molecule has 124 valence electrons. The second-order valence-corrected chi connectivity index (χ2v) is 7.18. The van der Waals surface area contributed by atoms with Crippen molar-refractivity contribution in [3.63, 3.8) is 0 Å². The molecule has 0 aromatic carbocycles. The molecule has 0 radical (unpaired) electrons. The monoisotopic (exact) mass is 307 g/mol. The number of rotatable bonds is 4. The summed E-state index contributed by atoms with van der Waals surface area (Å²) in [6.45, 7) is 1.62. The van der Waals surface area contributed by atoms with Gasteiger partial charge in [0.15, 0.2) is 0 Å². The van der Waals surface area contributed by atoms with E-state index in [9.17, 15) is 9.59 Å². The molecule has 5 heteroatoms. The standard InChI is InChI=1S/C17H29N3O2/c21-16-15(8-4-5-11-18-16)19-17(22)20(14-9-10-14)12-13-6-2-1-3-7-13/h13-15H,1-12H2,(H,18,21)(H,19,22)/t15-/m0/s1. The Morgan fingerprint density at radius 1 is 1.05 bits per heavy atom. The zero-order valence-electron chi connectivity index (χ0n) is 13.5. The van der Waals surface area contributed by atoms with Crippen LogP contribution in [-0.2, 0) is 4.79 Å². The third-order valence-electron chi connectivity index (χ3n) is 5.26. The highest BCUT2D eigenvalue weighted by molar-refractivity contribution is 5.87. The summed E-state index contributed by atoms with van der Waals surface area (Å²) in [6.07, 6.45) is 11.5. The maximum absolute atomic E-state index is 12.7. The summed E-state index contributed by atoms with van der Waals surface area (Å²) in [5.74, 6) is 0.641. The largest absolute Gasteiger partial charge is 0.354 e. The minimum atomic E-state index is -0.345. The van der Waals surface area contributed by atoms with Gasteiger partial charge in [-0.2, -0.15) is 0 Å². The van der Waals surface area contributed by atoms with Gasteiger partial charge >= 0.3 is 6.03 Å². The van der Waals surface area contributed by atoms with Crippen LogP contribution in [0.2, 0.25) is 0 Å². The molecule has 0 unspecified atom stereocenters. The van der Waals surface area contributed by atoms with Crippen molar-refractivity contribution in [2.24, 2.45) is 5.92 Å². The number of nitrogens with one attached hydrogen (secondary N) is 2. The Labute approximate surface area is 133 Å². The Bertz CT molecular complexity index is 403. The van der Waals surface area contributed by atoms with Crippen LogP contribution in [0, 0.1) is 5.92 Å². The average molecular weight is 307 g/mol. The summed E-state index contributed by atoms with van der Waals surface area (Å²) >= 11 is 0. The van der Waals surface area contributed by atoms with Crippen molar-refractivity contribution in [1.82, 2.24) is 15.5 Å². The number of urea groups is 1. The Balaban J connectivity index is 1.56. The van der Waals surface area contributed by atoms with Crippen LogP contribution in [0.15, 0.2) is 0 Å². The first-order valence-electron chi connectivity index (χ1n) is 9.09. The van der Waals surface area contributed by atoms with Crippen LogP contribution in [0.4, 0.5) is 4.79 Å². The molecule has 3 aliphatic rings. The molecule has 5 nitrogen and oxygen atoms in total. The van der Waals surface area contributed by atoms with Gasteiger partial charge in [-0.25, -0.2) is 4.79 Å². The number of carbonyl (C=O) groups is 2. The van der Waals surface area contributed by atoms with Gasteiger partial charge < -0.3 is 15.5 Å². The van der Waals surface area contributed by atoms with E-state index in [4.69, 9.17) is 0 Å². The molecule has 3 rings (SSSR count).